The van der Waals surface area contributed by atoms with Gasteiger partial charge in [-0.3, -0.25) is 14.8 Å². The molecule has 128 valence electrons. The zero-order valence-corrected chi connectivity index (χ0v) is 14.2. The molecule has 1 fully saturated rings. The third-order valence-corrected chi connectivity index (χ3v) is 4.30. The van der Waals surface area contributed by atoms with E-state index < -0.39 is 5.97 Å². The molecule has 0 aliphatic carbocycles. The van der Waals surface area contributed by atoms with Crippen molar-refractivity contribution in [1.82, 2.24) is 14.8 Å². The zero-order chi connectivity index (χ0) is 16.9. The number of aryl methyl sites for hydroxylation is 1. The van der Waals surface area contributed by atoms with Crippen LogP contribution in [0, 0.1) is 6.92 Å². The van der Waals surface area contributed by atoms with Crippen molar-refractivity contribution in [1.29, 1.82) is 0 Å². The summed E-state index contributed by atoms with van der Waals surface area (Å²) in [6, 6.07) is 7.95. The molecule has 3 heterocycles. The Hall–Kier alpha value is -2.18. The molecule has 0 saturated carbocycles. The van der Waals surface area contributed by atoms with Crippen molar-refractivity contribution >= 4 is 5.97 Å². The number of hydrogen-bond donors (Lipinski definition) is 0. The van der Waals surface area contributed by atoms with Crippen LogP contribution in [0.15, 0.2) is 34.9 Å². The quantitative estimate of drug-likeness (QED) is 0.783. The van der Waals surface area contributed by atoms with Gasteiger partial charge in [0.2, 0.25) is 5.76 Å². The summed E-state index contributed by atoms with van der Waals surface area (Å²) in [5.74, 6) is 0.700. The Morgan fingerprint density at radius 3 is 2.54 bits per heavy atom. The lowest BCUT2D eigenvalue weighted by Gasteiger charge is -2.34. The third-order valence-electron chi connectivity index (χ3n) is 4.30. The molecule has 3 rings (SSSR count). The highest BCUT2D eigenvalue weighted by molar-refractivity contribution is 5.87. The van der Waals surface area contributed by atoms with Crippen molar-refractivity contribution in [3.63, 3.8) is 0 Å². The van der Waals surface area contributed by atoms with E-state index in [1.54, 1.807) is 0 Å². The molecule has 24 heavy (non-hydrogen) atoms. The van der Waals surface area contributed by atoms with E-state index in [1.165, 1.54) is 7.11 Å². The first-order chi connectivity index (χ1) is 11.7. The van der Waals surface area contributed by atoms with E-state index in [1.807, 2.05) is 31.3 Å². The van der Waals surface area contributed by atoms with Gasteiger partial charge in [0.15, 0.2) is 0 Å². The largest absolute Gasteiger partial charge is 0.463 e. The van der Waals surface area contributed by atoms with Gasteiger partial charge >= 0.3 is 5.97 Å². The molecule has 0 N–H and O–H groups in total. The first-order valence-electron chi connectivity index (χ1n) is 8.18. The second kappa shape index (κ2) is 7.59. The number of piperazine rings is 1. The molecule has 1 aliphatic heterocycles. The Kier molecular flexibility index (Phi) is 5.27. The summed E-state index contributed by atoms with van der Waals surface area (Å²) < 4.78 is 10.4. The van der Waals surface area contributed by atoms with E-state index in [-0.39, 0.29) is 0 Å². The Morgan fingerprint density at radius 1 is 1.21 bits per heavy atom. The minimum atomic E-state index is -0.418. The number of furan rings is 1. The number of methoxy groups -OCH3 is 1. The molecular formula is C18H23N3O3. The number of hydrogen-bond acceptors (Lipinski definition) is 6. The minimum Gasteiger partial charge on any atom is -0.463 e. The van der Waals surface area contributed by atoms with E-state index in [2.05, 4.69) is 20.9 Å². The normalized spacial score (nSPS) is 16.2. The van der Waals surface area contributed by atoms with Gasteiger partial charge < -0.3 is 9.15 Å². The molecule has 0 unspecified atom stereocenters. The summed E-state index contributed by atoms with van der Waals surface area (Å²) in [5, 5.41) is 0. The second-order valence-electron chi connectivity index (χ2n) is 6.09. The van der Waals surface area contributed by atoms with Crippen LogP contribution in [0.5, 0.6) is 0 Å². The molecule has 6 nitrogen and oxygen atoms in total. The van der Waals surface area contributed by atoms with Crippen molar-refractivity contribution in [2.24, 2.45) is 0 Å². The van der Waals surface area contributed by atoms with E-state index in [9.17, 15) is 4.79 Å². The van der Waals surface area contributed by atoms with Crippen LogP contribution >= 0.6 is 0 Å². The summed E-state index contributed by atoms with van der Waals surface area (Å²) in [4.78, 5) is 20.7. The van der Waals surface area contributed by atoms with Crippen LogP contribution < -0.4 is 0 Å². The molecule has 0 bridgehead atoms. The summed E-state index contributed by atoms with van der Waals surface area (Å²) in [6.45, 7) is 7.42. The number of rotatable bonds is 5. The average molecular weight is 329 g/mol. The van der Waals surface area contributed by atoms with Gasteiger partial charge in [-0.15, -0.1) is 0 Å². The van der Waals surface area contributed by atoms with E-state index in [4.69, 9.17) is 9.15 Å². The average Bonchev–Trinajstić information content (AvgIpc) is 2.97. The molecule has 0 spiro atoms. The number of carbonyl (C=O) groups excluding carboxylic acids is 1. The fraction of sp³-hybridized carbons (Fsp3) is 0.444. The number of nitrogens with zero attached hydrogens (tertiary/aromatic N) is 3. The molecule has 1 saturated heterocycles. The maximum atomic E-state index is 11.6. The molecule has 2 aromatic heterocycles. The lowest BCUT2D eigenvalue weighted by atomic mass is 10.2. The molecule has 6 heteroatoms. The molecule has 1 aliphatic rings. The van der Waals surface area contributed by atoms with Crippen molar-refractivity contribution in [3.8, 4) is 0 Å². The number of esters is 1. The van der Waals surface area contributed by atoms with E-state index >= 15 is 0 Å². The van der Waals surface area contributed by atoms with Crippen LogP contribution in [0.4, 0.5) is 0 Å². The highest BCUT2D eigenvalue weighted by atomic mass is 16.5. The lowest BCUT2D eigenvalue weighted by Crippen LogP contribution is -2.45. The maximum absolute atomic E-state index is 11.6. The molecule has 0 aromatic carbocycles. The molecular weight excluding hydrogens is 306 g/mol. The molecule has 0 radical (unpaired) electrons. The van der Waals surface area contributed by atoms with Crippen LogP contribution in [0.25, 0.3) is 0 Å². The van der Waals surface area contributed by atoms with Gasteiger partial charge in [0, 0.05) is 44.5 Å². The highest BCUT2D eigenvalue weighted by Crippen LogP contribution is 2.18. The fourth-order valence-corrected chi connectivity index (χ4v) is 2.97. The van der Waals surface area contributed by atoms with Gasteiger partial charge in [0.05, 0.1) is 19.3 Å². The van der Waals surface area contributed by atoms with Crippen LogP contribution in [-0.2, 0) is 17.8 Å². The predicted octanol–water partition coefficient (Wildman–Crippen LogP) is 2.09. The number of pyridine rings is 1. The number of carbonyl (C=O) groups is 1. The Morgan fingerprint density at radius 2 is 1.92 bits per heavy atom. The van der Waals surface area contributed by atoms with Crippen molar-refractivity contribution in [2.75, 3.05) is 33.3 Å². The zero-order valence-electron chi connectivity index (χ0n) is 14.2. The van der Waals surface area contributed by atoms with Gasteiger partial charge in [-0.2, -0.15) is 0 Å². The van der Waals surface area contributed by atoms with E-state index in [0.29, 0.717) is 5.76 Å². The summed E-state index contributed by atoms with van der Waals surface area (Å²) in [6.07, 6.45) is 1.84. The van der Waals surface area contributed by atoms with Gasteiger partial charge in [0.25, 0.3) is 0 Å². The maximum Gasteiger partial charge on any atom is 0.374 e. The Labute approximate surface area is 142 Å². The van der Waals surface area contributed by atoms with Crippen LogP contribution in [0.3, 0.4) is 0 Å². The monoisotopic (exact) mass is 329 g/mol. The van der Waals surface area contributed by atoms with E-state index in [0.717, 1.165) is 56.3 Å². The Balaban J connectivity index is 1.51. The standard InChI is InChI=1S/C18H23N3O3/c1-14-11-16(24-17(14)18(22)23-2)13-21-9-7-20(8-10-21)12-15-5-3-4-6-19-15/h3-6,11H,7-10,12-13H2,1-2H3. The van der Waals surface area contributed by atoms with Crippen LogP contribution in [-0.4, -0.2) is 54.0 Å². The Bertz CT molecular complexity index is 676. The van der Waals surface area contributed by atoms with Crippen LogP contribution in [0.2, 0.25) is 0 Å². The van der Waals surface area contributed by atoms with Crippen molar-refractivity contribution in [2.45, 2.75) is 20.0 Å². The van der Waals surface area contributed by atoms with Crippen LogP contribution in [0.1, 0.15) is 27.6 Å². The lowest BCUT2D eigenvalue weighted by molar-refractivity contribution is 0.0557. The van der Waals surface area contributed by atoms with Gasteiger partial charge in [-0.1, -0.05) is 6.07 Å². The van der Waals surface area contributed by atoms with Gasteiger partial charge in [0.1, 0.15) is 5.76 Å². The summed E-state index contributed by atoms with van der Waals surface area (Å²) in [5.41, 5.74) is 1.93. The smallest absolute Gasteiger partial charge is 0.374 e. The minimum absolute atomic E-state index is 0.307. The first-order valence-corrected chi connectivity index (χ1v) is 8.18. The molecule has 0 atom stereocenters. The van der Waals surface area contributed by atoms with Crippen molar-refractivity contribution < 1.29 is 13.9 Å². The third kappa shape index (κ3) is 4.01. The second-order valence-corrected chi connectivity index (χ2v) is 6.09. The van der Waals surface area contributed by atoms with Gasteiger partial charge in [-0.25, -0.2) is 4.79 Å². The first kappa shape index (κ1) is 16.7. The summed E-state index contributed by atoms with van der Waals surface area (Å²) >= 11 is 0. The molecule has 2 aromatic rings. The van der Waals surface area contributed by atoms with Gasteiger partial charge in [-0.05, 0) is 25.1 Å². The fourth-order valence-electron chi connectivity index (χ4n) is 2.97. The SMILES string of the molecule is COC(=O)c1oc(CN2CCN(Cc3ccccn3)CC2)cc1C. The highest BCUT2D eigenvalue weighted by Gasteiger charge is 2.21. The topological polar surface area (TPSA) is 58.8 Å². The molecule has 0 amide bonds. The number of aromatic nitrogens is 1. The number of ether oxygens (including phenoxy) is 1. The van der Waals surface area contributed by atoms with Crippen molar-refractivity contribution in [3.05, 3.63) is 53.2 Å². The summed E-state index contributed by atoms with van der Waals surface area (Å²) in [7, 11) is 1.37. The predicted molar refractivity (Wildman–Crippen MR) is 89.6 cm³/mol.